The van der Waals surface area contributed by atoms with Gasteiger partial charge < -0.3 is 0 Å². The number of hydrogen-bond acceptors (Lipinski definition) is 0. The largest absolute Gasteiger partial charge is 0.147 e. The van der Waals surface area contributed by atoms with Crippen LogP contribution in [0.5, 0.6) is 0 Å². The summed E-state index contributed by atoms with van der Waals surface area (Å²) in [6.07, 6.45) is 0. The molecule has 0 radical (unpaired) electrons. The topological polar surface area (TPSA) is 0 Å². The van der Waals surface area contributed by atoms with Crippen LogP contribution in [-0.4, -0.2) is 0 Å². The zero-order valence-electron chi connectivity index (χ0n) is 2.45. The van der Waals surface area contributed by atoms with E-state index >= 15 is 0 Å². The van der Waals surface area contributed by atoms with Crippen molar-refractivity contribution in [2.75, 3.05) is 0 Å². The van der Waals surface area contributed by atoms with E-state index in [1.807, 2.05) is 0 Å². The SMILES string of the molecule is Cl.Cl.Cl.Cl.[Ni].[Ti]. The molecule has 0 rings (SSSR count). The first-order chi connectivity index (χ1) is 0. The first-order valence-electron chi connectivity index (χ1n) is 0. The first-order valence-corrected chi connectivity index (χ1v) is 0. The van der Waals surface area contributed by atoms with Gasteiger partial charge in [-0.2, -0.15) is 0 Å². The average molecular weight is 252 g/mol. The van der Waals surface area contributed by atoms with E-state index < -0.39 is 0 Å². The fourth-order valence-electron chi connectivity index (χ4n) is 0. The molecule has 0 aromatic carbocycles. The quantitative estimate of drug-likeness (QED) is 0.576. The Labute approximate surface area is 87.0 Å². The molecule has 0 heterocycles. The van der Waals surface area contributed by atoms with Crippen molar-refractivity contribution < 1.29 is 38.2 Å². The van der Waals surface area contributed by atoms with Crippen molar-refractivity contribution in [2.45, 2.75) is 0 Å². The van der Waals surface area contributed by atoms with Crippen LogP contribution in [0.15, 0.2) is 0 Å². The van der Waals surface area contributed by atoms with Crippen LogP contribution in [0, 0.1) is 0 Å². The smallest absolute Gasteiger partial charge is 0 e. The van der Waals surface area contributed by atoms with Crippen LogP contribution < -0.4 is 0 Å². The fourth-order valence-corrected chi connectivity index (χ4v) is 0. The van der Waals surface area contributed by atoms with E-state index in [-0.39, 0.29) is 87.8 Å². The van der Waals surface area contributed by atoms with Crippen LogP contribution >= 0.6 is 49.6 Å². The molecule has 6 heteroatoms. The van der Waals surface area contributed by atoms with E-state index in [0.29, 0.717) is 0 Å². The average Bonchev–Trinajstić information content (AvgIpc) is 0. The number of rotatable bonds is 0. The summed E-state index contributed by atoms with van der Waals surface area (Å²) in [5.41, 5.74) is 0. The Morgan fingerprint density at radius 1 is 0.500 bits per heavy atom. The molecule has 0 saturated heterocycles. The van der Waals surface area contributed by atoms with Crippen LogP contribution in [0.4, 0.5) is 0 Å². The molecule has 0 aliphatic carbocycles. The summed E-state index contributed by atoms with van der Waals surface area (Å²) < 4.78 is 0. The summed E-state index contributed by atoms with van der Waals surface area (Å²) in [6.45, 7) is 0. The molecular formula is H4Cl4NiTi. The van der Waals surface area contributed by atoms with Crippen LogP contribution in [0.1, 0.15) is 0 Å². The predicted molar refractivity (Wildman–Crippen MR) is 29.0 cm³/mol. The Kier molecular flexibility index (Phi) is 720. The van der Waals surface area contributed by atoms with Crippen molar-refractivity contribution in [3.8, 4) is 0 Å². The van der Waals surface area contributed by atoms with E-state index in [9.17, 15) is 0 Å². The molecule has 0 fully saturated rings. The van der Waals surface area contributed by atoms with Gasteiger partial charge in [-0.3, -0.25) is 0 Å². The standard InChI is InChI=1S/4ClH.Ni.Ti/h4*1H;;. The molecule has 0 amide bonds. The third-order valence-corrected chi connectivity index (χ3v) is 0. The molecule has 0 bridgehead atoms. The van der Waals surface area contributed by atoms with Crippen LogP contribution in [0.25, 0.3) is 0 Å². The summed E-state index contributed by atoms with van der Waals surface area (Å²) in [5, 5.41) is 0. The number of halogens is 4. The molecule has 0 aromatic rings. The van der Waals surface area contributed by atoms with Crippen molar-refractivity contribution in [1.82, 2.24) is 0 Å². The maximum absolute atomic E-state index is 0. The normalized spacial score (nSPS) is 0. The van der Waals surface area contributed by atoms with E-state index in [4.69, 9.17) is 0 Å². The maximum Gasteiger partial charge on any atom is 0 e. The van der Waals surface area contributed by atoms with E-state index in [1.165, 1.54) is 0 Å². The van der Waals surface area contributed by atoms with Crippen LogP contribution in [-0.2, 0) is 38.2 Å². The molecule has 0 N–H and O–H groups in total. The maximum atomic E-state index is 0. The van der Waals surface area contributed by atoms with Gasteiger partial charge in [0.25, 0.3) is 0 Å². The minimum Gasteiger partial charge on any atom is -0.147 e. The van der Waals surface area contributed by atoms with Crippen molar-refractivity contribution in [3.05, 3.63) is 0 Å². The van der Waals surface area contributed by atoms with Crippen LogP contribution in [0.2, 0.25) is 0 Å². The summed E-state index contributed by atoms with van der Waals surface area (Å²) in [7, 11) is 0. The van der Waals surface area contributed by atoms with Gasteiger partial charge in [-0.25, -0.2) is 0 Å². The van der Waals surface area contributed by atoms with Crippen molar-refractivity contribution in [3.63, 3.8) is 0 Å². The molecular weight excluding hydrogens is 248 g/mol. The monoisotopic (exact) mass is 250 g/mol. The van der Waals surface area contributed by atoms with Crippen molar-refractivity contribution >= 4 is 49.6 Å². The molecule has 0 aliphatic heterocycles. The summed E-state index contributed by atoms with van der Waals surface area (Å²) in [4.78, 5) is 0. The fraction of sp³-hybridized carbons (Fsp3) is 0. The Bertz CT molecular complexity index is 7.51. The Balaban J connectivity index is 0. The Morgan fingerprint density at radius 2 is 0.500 bits per heavy atom. The molecule has 0 aliphatic rings. The van der Waals surface area contributed by atoms with Gasteiger partial charge in [-0.05, 0) is 0 Å². The minimum atomic E-state index is 0. The van der Waals surface area contributed by atoms with E-state index in [0.717, 1.165) is 0 Å². The zero-order valence-corrected chi connectivity index (χ0v) is 8.26. The molecule has 0 saturated carbocycles. The van der Waals surface area contributed by atoms with Gasteiger partial charge in [-0.1, -0.05) is 0 Å². The third kappa shape index (κ3) is 32.7. The van der Waals surface area contributed by atoms with Gasteiger partial charge in [0, 0.05) is 38.2 Å². The zero-order chi connectivity index (χ0) is 0. The first kappa shape index (κ1) is 81.0. The van der Waals surface area contributed by atoms with Gasteiger partial charge in [0.2, 0.25) is 0 Å². The summed E-state index contributed by atoms with van der Waals surface area (Å²) in [5.74, 6) is 0. The van der Waals surface area contributed by atoms with Gasteiger partial charge in [0.1, 0.15) is 0 Å². The minimum absolute atomic E-state index is 0. The third-order valence-electron chi connectivity index (χ3n) is 0. The van der Waals surface area contributed by atoms with Crippen molar-refractivity contribution in [1.29, 1.82) is 0 Å². The Morgan fingerprint density at radius 3 is 0.500 bits per heavy atom. The van der Waals surface area contributed by atoms with Gasteiger partial charge in [-0.15, -0.1) is 49.6 Å². The molecule has 0 aromatic heterocycles. The van der Waals surface area contributed by atoms with E-state index in [2.05, 4.69) is 0 Å². The van der Waals surface area contributed by atoms with Crippen molar-refractivity contribution in [2.24, 2.45) is 0 Å². The van der Waals surface area contributed by atoms with Crippen LogP contribution in [0.3, 0.4) is 0 Å². The summed E-state index contributed by atoms with van der Waals surface area (Å²) >= 11 is 0. The second-order valence-electron chi connectivity index (χ2n) is 0. The van der Waals surface area contributed by atoms with Gasteiger partial charge >= 0.3 is 0 Å². The second-order valence-corrected chi connectivity index (χ2v) is 0. The molecule has 0 spiro atoms. The van der Waals surface area contributed by atoms with Gasteiger partial charge in [0.05, 0.1) is 0 Å². The molecule has 0 atom stereocenters. The molecule has 0 unspecified atom stereocenters. The molecule has 0 nitrogen and oxygen atoms in total. The van der Waals surface area contributed by atoms with Gasteiger partial charge in [0.15, 0.2) is 0 Å². The Hall–Kier alpha value is 2.37. The second kappa shape index (κ2) is 53.3. The summed E-state index contributed by atoms with van der Waals surface area (Å²) in [6, 6.07) is 0. The molecule has 46 valence electrons. The predicted octanol–water partition coefficient (Wildman–Crippen LogP) is 1.68. The van der Waals surface area contributed by atoms with E-state index in [1.54, 1.807) is 0 Å². The number of hydrogen-bond donors (Lipinski definition) is 0. The molecule has 6 heavy (non-hydrogen) atoms.